The molecular weight excluding hydrogens is 528 g/mol. The highest BCUT2D eigenvalue weighted by molar-refractivity contribution is 5.99. The number of ether oxygens (including phenoxy) is 2. The summed E-state index contributed by atoms with van der Waals surface area (Å²) in [4.78, 5) is 72.9. The molecule has 2 aliphatic carbocycles. The fourth-order valence-electron chi connectivity index (χ4n) is 6.54. The predicted octanol–water partition coefficient (Wildman–Crippen LogP) is 3.39. The van der Waals surface area contributed by atoms with Crippen molar-refractivity contribution in [1.82, 2.24) is 0 Å². The zero-order chi connectivity index (χ0) is 28.7. The number of carbonyl (C=O) groups excluding carboxylic acids is 6. The minimum atomic E-state index is -0.520. The normalized spacial score (nSPS) is 28.8. The summed E-state index contributed by atoms with van der Waals surface area (Å²) >= 11 is 0. The maximum Gasteiger partial charge on any atom is 0.317 e. The number of rotatable bonds is 6. The molecule has 4 aliphatic rings. The van der Waals surface area contributed by atoms with E-state index in [1.54, 1.807) is 0 Å². The summed E-state index contributed by atoms with van der Waals surface area (Å²) in [5.74, 6) is -4.84. The molecule has 10 nitrogen and oxygen atoms in total. The second kappa shape index (κ2) is 10.9. The first-order valence-corrected chi connectivity index (χ1v) is 14.1. The van der Waals surface area contributed by atoms with Crippen molar-refractivity contribution in [3.05, 3.63) is 59.7 Å². The summed E-state index contributed by atoms with van der Waals surface area (Å²) < 4.78 is 9.46. The molecule has 0 aromatic heterocycles. The van der Waals surface area contributed by atoms with Crippen LogP contribution in [0.15, 0.2) is 48.5 Å². The fraction of sp³-hybridized carbons (Fsp3) is 0.419. The number of amides is 2. The number of esters is 4. The average molecular weight is 559 g/mol. The standard InChI is InChI=1S/C31H30N2O8/c34-26(18-5-11-22-24(14-18)30(38)40-28(22)36)32-20-7-1-16(2-8-20)13-17-3-9-21(10-4-17)33-27(35)19-6-12-23-25(15-19)31(39)41-29(23)37/h1-4,7-10,18-19,22-25H,5-6,11-15H2,(H,32,34)(H,33,35). The van der Waals surface area contributed by atoms with Crippen LogP contribution in [0.5, 0.6) is 0 Å². The van der Waals surface area contributed by atoms with Gasteiger partial charge in [0.15, 0.2) is 0 Å². The largest absolute Gasteiger partial charge is 0.393 e. The van der Waals surface area contributed by atoms with Gasteiger partial charge in [0.2, 0.25) is 11.8 Å². The molecule has 0 spiro atoms. The Labute approximate surface area is 236 Å². The number of nitrogens with one attached hydrogen (secondary N) is 2. The number of carbonyl (C=O) groups is 6. The molecule has 2 saturated carbocycles. The van der Waals surface area contributed by atoms with Gasteiger partial charge in [0.25, 0.3) is 0 Å². The average Bonchev–Trinajstić information content (AvgIpc) is 3.43. The van der Waals surface area contributed by atoms with E-state index in [1.165, 1.54) is 0 Å². The van der Waals surface area contributed by atoms with Crippen LogP contribution in [0.2, 0.25) is 0 Å². The van der Waals surface area contributed by atoms with E-state index in [4.69, 9.17) is 9.47 Å². The van der Waals surface area contributed by atoms with Gasteiger partial charge in [-0.05, 0) is 80.3 Å². The molecule has 212 valence electrons. The first-order valence-electron chi connectivity index (χ1n) is 14.1. The molecule has 10 heteroatoms. The number of hydrogen-bond donors (Lipinski definition) is 2. The van der Waals surface area contributed by atoms with Crippen LogP contribution in [-0.4, -0.2) is 35.7 Å². The first-order chi connectivity index (χ1) is 19.7. The lowest BCUT2D eigenvalue weighted by atomic mass is 9.75. The third-order valence-corrected chi connectivity index (χ3v) is 8.91. The first kappa shape index (κ1) is 26.9. The number of anilines is 2. The highest BCUT2D eigenvalue weighted by Gasteiger charge is 2.49. The Morgan fingerprint density at radius 2 is 0.927 bits per heavy atom. The van der Waals surface area contributed by atoms with Gasteiger partial charge in [0, 0.05) is 23.2 Å². The maximum absolute atomic E-state index is 12.8. The SMILES string of the molecule is O=C(Nc1ccc(Cc2ccc(NC(=O)C3CCC4C(=O)OC(=O)C4C3)cc2)cc1)C1CCC2C(=O)OC(=O)C2C1. The lowest BCUT2D eigenvalue weighted by molar-refractivity contribution is -0.155. The fourth-order valence-corrected chi connectivity index (χ4v) is 6.54. The molecule has 2 heterocycles. The summed E-state index contributed by atoms with van der Waals surface area (Å²) in [6, 6.07) is 15.1. The minimum absolute atomic E-state index is 0.161. The lowest BCUT2D eigenvalue weighted by Gasteiger charge is -2.26. The molecule has 0 bridgehead atoms. The quantitative estimate of drug-likeness (QED) is 0.406. The van der Waals surface area contributed by atoms with Crippen molar-refractivity contribution < 1.29 is 38.2 Å². The van der Waals surface area contributed by atoms with Crippen molar-refractivity contribution in [2.24, 2.45) is 35.5 Å². The summed E-state index contributed by atoms with van der Waals surface area (Å²) in [7, 11) is 0. The lowest BCUT2D eigenvalue weighted by Crippen LogP contribution is -2.33. The van der Waals surface area contributed by atoms with Crippen molar-refractivity contribution in [2.45, 2.75) is 44.9 Å². The smallest absolute Gasteiger partial charge is 0.317 e. The molecule has 41 heavy (non-hydrogen) atoms. The van der Waals surface area contributed by atoms with Crippen LogP contribution in [0.25, 0.3) is 0 Å². The van der Waals surface area contributed by atoms with Crippen molar-refractivity contribution in [3.8, 4) is 0 Å². The van der Waals surface area contributed by atoms with Crippen molar-refractivity contribution in [3.63, 3.8) is 0 Å². The molecule has 2 aromatic carbocycles. The summed E-state index contributed by atoms with van der Waals surface area (Å²) in [5.41, 5.74) is 3.41. The van der Waals surface area contributed by atoms with Gasteiger partial charge in [-0.1, -0.05) is 24.3 Å². The van der Waals surface area contributed by atoms with Crippen LogP contribution in [0.4, 0.5) is 11.4 Å². The number of hydrogen-bond acceptors (Lipinski definition) is 8. The molecule has 2 saturated heterocycles. The van der Waals surface area contributed by atoms with Crippen LogP contribution < -0.4 is 10.6 Å². The van der Waals surface area contributed by atoms with Crippen LogP contribution in [0.3, 0.4) is 0 Å². The maximum atomic E-state index is 12.8. The van der Waals surface area contributed by atoms with Crippen molar-refractivity contribution in [2.75, 3.05) is 10.6 Å². The highest BCUT2D eigenvalue weighted by atomic mass is 16.6. The monoisotopic (exact) mass is 558 g/mol. The Bertz CT molecular complexity index is 1310. The molecule has 4 fully saturated rings. The van der Waals surface area contributed by atoms with Gasteiger partial charge >= 0.3 is 23.9 Å². The van der Waals surface area contributed by atoms with Gasteiger partial charge in [0.05, 0.1) is 23.7 Å². The molecule has 6 rings (SSSR count). The van der Waals surface area contributed by atoms with Gasteiger partial charge < -0.3 is 20.1 Å². The molecule has 2 aliphatic heterocycles. The van der Waals surface area contributed by atoms with Gasteiger partial charge in [-0.2, -0.15) is 0 Å². The van der Waals surface area contributed by atoms with Crippen LogP contribution in [0, 0.1) is 35.5 Å². The number of benzene rings is 2. The van der Waals surface area contributed by atoms with E-state index in [0.717, 1.165) is 11.1 Å². The minimum Gasteiger partial charge on any atom is -0.393 e. The van der Waals surface area contributed by atoms with Crippen LogP contribution >= 0.6 is 0 Å². The Hall–Kier alpha value is -4.34. The van der Waals surface area contributed by atoms with Crippen molar-refractivity contribution >= 4 is 47.1 Å². The van der Waals surface area contributed by atoms with E-state index < -0.39 is 47.5 Å². The second-order valence-electron chi connectivity index (χ2n) is 11.5. The number of fused-ring (bicyclic) bond motifs is 2. The number of cyclic esters (lactones) is 4. The van der Waals surface area contributed by atoms with E-state index in [0.29, 0.717) is 56.3 Å². The Morgan fingerprint density at radius 1 is 0.561 bits per heavy atom. The molecule has 6 unspecified atom stereocenters. The Morgan fingerprint density at radius 3 is 1.32 bits per heavy atom. The van der Waals surface area contributed by atoms with Crippen LogP contribution in [-0.2, 0) is 44.7 Å². The zero-order valence-electron chi connectivity index (χ0n) is 22.3. The van der Waals surface area contributed by atoms with Gasteiger partial charge in [-0.25, -0.2) is 0 Å². The van der Waals surface area contributed by atoms with Crippen LogP contribution in [0.1, 0.15) is 49.7 Å². The van der Waals surface area contributed by atoms with E-state index in [-0.39, 0.29) is 23.7 Å². The van der Waals surface area contributed by atoms with E-state index in [9.17, 15) is 28.8 Å². The molecule has 0 radical (unpaired) electrons. The summed E-state index contributed by atoms with van der Waals surface area (Å²) in [6.45, 7) is 0. The molecule has 2 N–H and O–H groups in total. The highest BCUT2D eigenvalue weighted by Crippen LogP contribution is 2.41. The Balaban J connectivity index is 0.986. The molecule has 2 aromatic rings. The molecular formula is C31H30N2O8. The van der Waals surface area contributed by atoms with Gasteiger partial charge in [-0.15, -0.1) is 0 Å². The van der Waals surface area contributed by atoms with Gasteiger partial charge in [0.1, 0.15) is 0 Å². The summed E-state index contributed by atoms with van der Waals surface area (Å²) in [6.07, 6.45) is 3.36. The second-order valence-corrected chi connectivity index (χ2v) is 11.5. The van der Waals surface area contributed by atoms with Gasteiger partial charge in [-0.3, -0.25) is 28.8 Å². The topological polar surface area (TPSA) is 145 Å². The third kappa shape index (κ3) is 5.51. The van der Waals surface area contributed by atoms with E-state index >= 15 is 0 Å². The molecule has 6 atom stereocenters. The zero-order valence-corrected chi connectivity index (χ0v) is 22.3. The predicted molar refractivity (Wildman–Crippen MR) is 144 cm³/mol. The molecule has 2 amide bonds. The van der Waals surface area contributed by atoms with E-state index in [2.05, 4.69) is 10.6 Å². The summed E-state index contributed by atoms with van der Waals surface area (Å²) in [5, 5.41) is 5.84. The Kier molecular flexibility index (Phi) is 7.15. The third-order valence-electron chi connectivity index (χ3n) is 8.91. The van der Waals surface area contributed by atoms with Crippen molar-refractivity contribution in [1.29, 1.82) is 0 Å². The van der Waals surface area contributed by atoms with E-state index in [1.807, 2.05) is 48.5 Å².